The lowest BCUT2D eigenvalue weighted by molar-refractivity contribution is 0.272. The van der Waals surface area contributed by atoms with Crippen molar-refractivity contribution in [2.45, 2.75) is 39.0 Å². The molecule has 1 aromatic carbocycles. The highest BCUT2D eigenvalue weighted by molar-refractivity contribution is 5.41. The van der Waals surface area contributed by atoms with E-state index in [1.807, 2.05) is 0 Å². The normalized spacial score (nSPS) is 20.4. The molecule has 0 aliphatic carbocycles. The molecule has 1 aromatic rings. The number of benzene rings is 1. The van der Waals surface area contributed by atoms with E-state index >= 15 is 0 Å². The monoisotopic (exact) mass is 190 g/mol. The summed E-state index contributed by atoms with van der Waals surface area (Å²) in [6.45, 7) is 7.58. The smallest absolute Gasteiger partial charge is 0.123 e. The van der Waals surface area contributed by atoms with Gasteiger partial charge < -0.3 is 4.74 Å². The van der Waals surface area contributed by atoms with E-state index in [2.05, 4.69) is 39.0 Å². The summed E-state index contributed by atoms with van der Waals surface area (Å²) in [6.07, 6.45) is 1.15. The summed E-state index contributed by atoms with van der Waals surface area (Å²) in [4.78, 5) is 0. The summed E-state index contributed by atoms with van der Waals surface area (Å²) in [5, 5.41) is 0. The zero-order chi connectivity index (χ0) is 10.1. The molecule has 1 heterocycles. The molecule has 2 rings (SSSR count). The predicted octanol–water partition coefficient (Wildman–Crippen LogP) is 3.70. The van der Waals surface area contributed by atoms with Crippen molar-refractivity contribution in [3.8, 4) is 5.75 Å². The van der Waals surface area contributed by atoms with E-state index in [0.717, 1.165) is 18.8 Å². The van der Waals surface area contributed by atoms with Gasteiger partial charge in [-0.2, -0.15) is 0 Å². The van der Waals surface area contributed by atoms with Crippen LogP contribution in [0.5, 0.6) is 5.75 Å². The Kier molecular flexibility index (Phi) is 2.49. The minimum Gasteiger partial charge on any atom is -0.493 e. The average molecular weight is 190 g/mol. The summed E-state index contributed by atoms with van der Waals surface area (Å²) in [5.74, 6) is 2.34. The molecule has 0 aromatic heterocycles. The van der Waals surface area contributed by atoms with E-state index in [1.54, 1.807) is 0 Å². The Morgan fingerprint density at radius 2 is 2.14 bits per heavy atom. The number of ether oxygens (including phenoxy) is 1. The molecule has 1 atom stereocenters. The lowest BCUT2D eigenvalue weighted by atomic mass is 9.92. The standard InChI is InChI=1S/C13H18O/c1-9(2)11-4-5-12-10(3)6-7-14-13(12)8-11/h4-5,8-10H,6-7H2,1-3H3. The van der Waals surface area contributed by atoms with Gasteiger partial charge in [0.15, 0.2) is 0 Å². The molecule has 14 heavy (non-hydrogen) atoms. The van der Waals surface area contributed by atoms with Gasteiger partial charge in [0.05, 0.1) is 6.61 Å². The third-order valence-electron chi connectivity index (χ3n) is 3.04. The number of hydrogen-bond donors (Lipinski definition) is 0. The minimum atomic E-state index is 0.584. The van der Waals surface area contributed by atoms with Crippen molar-refractivity contribution in [3.63, 3.8) is 0 Å². The maximum Gasteiger partial charge on any atom is 0.123 e. The molecule has 0 N–H and O–H groups in total. The van der Waals surface area contributed by atoms with E-state index in [-0.39, 0.29) is 0 Å². The van der Waals surface area contributed by atoms with Crippen LogP contribution >= 0.6 is 0 Å². The summed E-state index contributed by atoms with van der Waals surface area (Å²) < 4.78 is 5.68. The summed E-state index contributed by atoms with van der Waals surface area (Å²) in [6, 6.07) is 6.67. The Hall–Kier alpha value is -0.980. The zero-order valence-electron chi connectivity index (χ0n) is 9.21. The van der Waals surface area contributed by atoms with Gasteiger partial charge >= 0.3 is 0 Å². The lowest BCUT2D eigenvalue weighted by Crippen LogP contribution is -2.12. The Labute approximate surface area is 86.1 Å². The molecule has 1 heteroatoms. The van der Waals surface area contributed by atoms with E-state index < -0.39 is 0 Å². The molecule has 0 spiro atoms. The van der Waals surface area contributed by atoms with Gasteiger partial charge in [-0.15, -0.1) is 0 Å². The van der Waals surface area contributed by atoms with Gasteiger partial charge in [-0.3, -0.25) is 0 Å². The molecule has 0 radical (unpaired) electrons. The van der Waals surface area contributed by atoms with Crippen molar-refractivity contribution in [1.29, 1.82) is 0 Å². The lowest BCUT2D eigenvalue weighted by Gasteiger charge is -2.24. The molecular weight excluding hydrogens is 172 g/mol. The number of rotatable bonds is 1. The van der Waals surface area contributed by atoms with Crippen LogP contribution in [-0.4, -0.2) is 6.61 Å². The summed E-state index contributed by atoms with van der Waals surface area (Å²) >= 11 is 0. The van der Waals surface area contributed by atoms with Gasteiger partial charge in [-0.05, 0) is 35.4 Å². The van der Waals surface area contributed by atoms with Gasteiger partial charge in [0, 0.05) is 0 Å². The molecule has 0 saturated carbocycles. The Balaban J connectivity index is 2.39. The quantitative estimate of drug-likeness (QED) is 0.656. The average Bonchev–Trinajstić information content (AvgIpc) is 2.17. The fourth-order valence-electron chi connectivity index (χ4n) is 1.94. The molecule has 1 aliphatic rings. The molecule has 76 valence electrons. The highest BCUT2D eigenvalue weighted by Crippen LogP contribution is 2.35. The molecule has 1 nitrogen and oxygen atoms in total. The van der Waals surface area contributed by atoms with Crippen LogP contribution in [0.25, 0.3) is 0 Å². The third-order valence-corrected chi connectivity index (χ3v) is 3.04. The first kappa shape index (κ1) is 9.57. The van der Waals surface area contributed by atoms with E-state index in [1.165, 1.54) is 11.1 Å². The van der Waals surface area contributed by atoms with Crippen molar-refractivity contribution in [1.82, 2.24) is 0 Å². The van der Waals surface area contributed by atoms with Crippen LogP contribution in [0.3, 0.4) is 0 Å². The first-order valence-corrected chi connectivity index (χ1v) is 5.45. The maximum absolute atomic E-state index is 5.68. The fourth-order valence-corrected chi connectivity index (χ4v) is 1.94. The molecule has 0 saturated heterocycles. The molecule has 0 bridgehead atoms. The first-order chi connectivity index (χ1) is 6.68. The Morgan fingerprint density at radius 1 is 1.36 bits per heavy atom. The van der Waals surface area contributed by atoms with Crippen molar-refractivity contribution < 1.29 is 4.74 Å². The van der Waals surface area contributed by atoms with Crippen LogP contribution in [0.1, 0.15) is 50.2 Å². The van der Waals surface area contributed by atoms with E-state index in [0.29, 0.717) is 11.8 Å². The number of fused-ring (bicyclic) bond motifs is 1. The van der Waals surface area contributed by atoms with E-state index in [4.69, 9.17) is 4.74 Å². The zero-order valence-corrected chi connectivity index (χ0v) is 9.21. The fraction of sp³-hybridized carbons (Fsp3) is 0.538. The SMILES string of the molecule is CC(C)c1ccc2c(c1)OCCC2C. The van der Waals surface area contributed by atoms with Crippen molar-refractivity contribution in [2.75, 3.05) is 6.61 Å². The van der Waals surface area contributed by atoms with Crippen LogP contribution in [0.15, 0.2) is 18.2 Å². The van der Waals surface area contributed by atoms with Crippen molar-refractivity contribution >= 4 is 0 Å². The molecule has 0 amide bonds. The van der Waals surface area contributed by atoms with Crippen molar-refractivity contribution in [3.05, 3.63) is 29.3 Å². The second-order valence-electron chi connectivity index (χ2n) is 4.49. The first-order valence-electron chi connectivity index (χ1n) is 5.45. The minimum absolute atomic E-state index is 0.584. The molecule has 1 aliphatic heterocycles. The number of hydrogen-bond acceptors (Lipinski definition) is 1. The second-order valence-corrected chi connectivity index (χ2v) is 4.49. The predicted molar refractivity (Wildman–Crippen MR) is 59.1 cm³/mol. The summed E-state index contributed by atoms with van der Waals surface area (Å²) in [5.41, 5.74) is 2.75. The largest absolute Gasteiger partial charge is 0.493 e. The molecular formula is C13H18O. The highest BCUT2D eigenvalue weighted by Gasteiger charge is 2.17. The van der Waals surface area contributed by atoms with Crippen LogP contribution in [-0.2, 0) is 0 Å². The van der Waals surface area contributed by atoms with E-state index in [9.17, 15) is 0 Å². The summed E-state index contributed by atoms with van der Waals surface area (Å²) in [7, 11) is 0. The van der Waals surface area contributed by atoms with Gasteiger partial charge in [0.1, 0.15) is 5.75 Å². The Morgan fingerprint density at radius 3 is 2.86 bits per heavy atom. The topological polar surface area (TPSA) is 9.23 Å². The van der Waals surface area contributed by atoms with Crippen molar-refractivity contribution in [2.24, 2.45) is 0 Å². The molecule has 1 unspecified atom stereocenters. The Bertz CT molecular complexity index is 328. The van der Waals surface area contributed by atoms with Crippen LogP contribution in [0.4, 0.5) is 0 Å². The van der Waals surface area contributed by atoms with Crippen LogP contribution < -0.4 is 4.74 Å². The van der Waals surface area contributed by atoms with Gasteiger partial charge in [-0.1, -0.05) is 32.9 Å². The van der Waals surface area contributed by atoms with Gasteiger partial charge in [-0.25, -0.2) is 0 Å². The molecule has 0 fully saturated rings. The van der Waals surface area contributed by atoms with Crippen LogP contribution in [0.2, 0.25) is 0 Å². The van der Waals surface area contributed by atoms with Crippen LogP contribution in [0, 0.1) is 0 Å². The maximum atomic E-state index is 5.68. The highest BCUT2D eigenvalue weighted by atomic mass is 16.5. The second kappa shape index (κ2) is 3.64. The van der Waals surface area contributed by atoms with Gasteiger partial charge in [0.2, 0.25) is 0 Å². The third kappa shape index (κ3) is 1.63. The van der Waals surface area contributed by atoms with Gasteiger partial charge in [0.25, 0.3) is 0 Å².